The molecule has 18 heteroatoms. The summed E-state index contributed by atoms with van der Waals surface area (Å²) in [5.74, 6) is -1.60. The van der Waals surface area contributed by atoms with Crippen LogP contribution in [0.15, 0.2) is 170 Å². The molecule has 16 nitrogen and oxygen atoms in total. The van der Waals surface area contributed by atoms with Crippen LogP contribution < -0.4 is 0 Å². The van der Waals surface area contributed by atoms with Crippen LogP contribution >= 0.6 is 15.6 Å². The Hall–Kier alpha value is -5.09. The molecule has 0 bridgehead atoms. The van der Waals surface area contributed by atoms with Crippen LogP contribution in [0.5, 0.6) is 0 Å². The van der Waals surface area contributed by atoms with Gasteiger partial charge in [-0.2, -0.15) is 0 Å². The summed E-state index contributed by atoms with van der Waals surface area (Å²) in [7, 11) is -9.81. The van der Waals surface area contributed by atoms with E-state index in [1.165, 1.54) is 103 Å². The van der Waals surface area contributed by atoms with Gasteiger partial charge in [0, 0.05) is 19.3 Å². The Bertz CT molecular complexity index is 2700. The van der Waals surface area contributed by atoms with E-state index < -0.39 is 91.5 Å². The second-order valence-corrected chi connectivity index (χ2v) is 31.5. The molecule has 0 aliphatic heterocycles. The van der Waals surface area contributed by atoms with Crippen LogP contribution in [0, 0.1) is 0 Å². The molecule has 0 aliphatic carbocycles. The largest absolute Gasteiger partial charge is 0.472 e. The fraction of sp³-hybridized carbons (Fsp3) is 0.667. The van der Waals surface area contributed by atoms with Crippen LogP contribution in [0.4, 0.5) is 0 Å². The van der Waals surface area contributed by atoms with E-state index in [9.17, 15) is 43.5 Å². The summed E-state index contributed by atoms with van der Waals surface area (Å²) < 4.78 is 61.3. The first-order valence-electron chi connectivity index (χ1n) is 43.4. The maximum absolute atomic E-state index is 13.0. The van der Waals surface area contributed by atoms with Gasteiger partial charge in [-0.05, 0) is 148 Å². The number of phosphoric ester groups is 2. The molecule has 4 N–H and O–H groups in total. The molecule has 0 aromatic heterocycles. The van der Waals surface area contributed by atoms with Gasteiger partial charge in [-0.1, -0.05) is 345 Å². The first-order chi connectivity index (χ1) is 54.2. The smallest absolute Gasteiger partial charge is 0.463 e. The second kappa shape index (κ2) is 84.3. The number of esters is 3. The molecule has 0 spiro atoms. The van der Waals surface area contributed by atoms with E-state index in [4.69, 9.17) is 32.3 Å². The Morgan fingerprint density at radius 3 is 0.712 bits per heavy atom. The topological polar surface area (TPSA) is 231 Å². The van der Waals surface area contributed by atoms with Gasteiger partial charge in [0.1, 0.15) is 25.4 Å². The maximum atomic E-state index is 13.0. The molecular weight excluding hydrogens is 1430 g/mol. The van der Waals surface area contributed by atoms with E-state index in [0.717, 1.165) is 180 Å². The SMILES string of the molecule is CC/C=C\C/C=C\C/C=C\C/C=C\C/C=C\C/C=C\CCCCCCCCCCCCCCCCC(=O)OCC(O)COP(=O)(O)OCC(O)COP(=O)(O)OCC(COC(=O)CCCCCCCCCCCCC/C=C\C/C=C\C/C=C\C/C=C\C/C=C\CC)OC(=O)CCCCCCC/C=C\C/C=C\C/C=C\CC. The van der Waals surface area contributed by atoms with Crippen molar-refractivity contribution in [2.75, 3.05) is 39.6 Å². The third-order valence-electron chi connectivity index (χ3n) is 17.9. The molecule has 0 aliphatic rings. The number of carbonyl (C=O) groups is 3. The van der Waals surface area contributed by atoms with Crippen LogP contribution in [0.25, 0.3) is 0 Å². The van der Waals surface area contributed by atoms with E-state index in [-0.39, 0.29) is 19.3 Å². The maximum Gasteiger partial charge on any atom is 0.472 e. The molecule has 111 heavy (non-hydrogen) atoms. The number of hydrogen-bond acceptors (Lipinski definition) is 14. The third kappa shape index (κ3) is 85.6. The van der Waals surface area contributed by atoms with Crippen molar-refractivity contribution in [1.29, 1.82) is 0 Å². The highest BCUT2D eigenvalue weighted by atomic mass is 31.2. The number of aliphatic hydroxyl groups excluding tert-OH is 2. The van der Waals surface area contributed by atoms with Crippen LogP contribution in [-0.4, -0.2) is 95.9 Å². The molecule has 0 aromatic carbocycles. The molecule has 5 unspecified atom stereocenters. The van der Waals surface area contributed by atoms with Crippen molar-refractivity contribution in [3.63, 3.8) is 0 Å². The Morgan fingerprint density at radius 2 is 0.450 bits per heavy atom. The highest BCUT2D eigenvalue weighted by molar-refractivity contribution is 7.47. The summed E-state index contributed by atoms with van der Waals surface area (Å²) in [6, 6.07) is 0. The Labute approximate surface area is 675 Å². The minimum atomic E-state index is -4.94. The van der Waals surface area contributed by atoms with Crippen molar-refractivity contribution in [3.05, 3.63) is 170 Å². The highest BCUT2D eigenvalue weighted by Gasteiger charge is 2.29. The fourth-order valence-corrected chi connectivity index (χ4v) is 13.0. The van der Waals surface area contributed by atoms with Crippen LogP contribution in [0.2, 0.25) is 0 Å². The molecule has 0 aromatic rings. The van der Waals surface area contributed by atoms with Gasteiger partial charge in [-0.15, -0.1) is 0 Å². The molecule has 0 heterocycles. The number of carbonyl (C=O) groups excluding carboxylic acids is 3. The van der Waals surface area contributed by atoms with E-state index in [1.807, 2.05) is 0 Å². The van der Waals surface area contributed by atoms with E-state index in [2.05, 4.69) is 191 Å². The van der Waals surface area contributed by atoms with Crippen LogP contribution in [0.1, 0.15) is 342 Å². The highest BCUT2D eigenvalue weighted by Crippen LogP contribution is 2.45. The van der Waals surface area contributed by atoms with Gasteiger partial charge >= 0.3 is 33.6 Å². The average Bonchev–Trinajstić information content (AvgIpc) is 0.902. The van der Waals surface area contributed by atoms with Gasteiger partial charge in [0.25, 0.3) is 0 Å². The first-order valence-corrected chi connectivity index (χ1v) is 46.4. The van der Waals surface area contributed by atoms with Gasteiger partial charge in [0.2, 0.25) is 0 Å². The zero-order valence-electron chi connectivity index (χ0n) is 69.6. The van der Waals surface area contributed by atoms with Crippen LogP contribution in [-0.2, 0) is 55.8 Å². The quantitative estimate of drug-likeness (QED) is 0.0146. The fourth-order valence-electron chi connectivity index (χ4n) is 11.4. The van der Waals surface area contributed by atoms with E-state index in [1.54, 1.807) is 0 Å². The van der Waals surface area contributed by atoms with E-state index >= 15 is 0 Å². The summed E-state index contributed by atoms with van der Waals surface area (Å²) in [5.41, 5.74) is 0. The molecule has 0 saturated carbocycles. The molecule has 0 fully saturated rings. The Balaban J connectivity index is 4.49. The minimum absolute atomic E-state index is 0.0808. The summed E-state index contributed by atoms with van der Waals surface area (Å²) >= 11 is 0. The molecule has 634 valence electrons. The van der Waals surface area contributed by atoms with Crippen molar-refractivity contribution in [2.24, 2.45) is 0 Å². The molecule has 0 radical (unpaired) electrons. The van der Waals surface area contributed by atoms with Gasteiger partial charge in [-0.25, -0.2) is 9.13 Å². The van der Waals surface area contributed by atoms with Gasteiger partial charge in [0.05, 0.1) is 26.4 Å². The zero-order chi connectivity index (χ0) is 80.8. The lowest BCUT2D eigenvalue weighted by atomic mass is 10.0. The van der Waals surface area contributed by atoms with Gasteiger partial charge in [0.15, 0.2) is 6.10 Å². The number of rotatable bonds is 81. The number of ether oxygens (including phenoxy) is 3. The van der Waals surface area contributed by atoms with Crippen molar-refractivity contribution < 1.29 is 75.8 Å². The first kappa shape index (κ1) is 106. The molecule has 0 amide bonds. The predicted octanol–water partition coefficient (Wildman–Crippen LogP) is 26.3. The molecule has 5 atom stereocenters. The summed E-state index contributed by atoms with van der Waals surface area (Å²) in [5, 5.41) is 20.7. The standard InChI is InChI=1S/C93H156O16P2/c1-4-7-10-13-16-19-22-25-28-30-32-34-36-38-40-41-42-43-44-45-47-49-50-52-54-56-59-61-64-67-70-73-76-79-91(96)103-82-88(94)83-105-110(99,100)106-84-89(95)85-107-111(101,102)108-87-90(109-93(98)81-78-75-72-69-66-63-58-27-24-21-18-15-12-9-6-3)86-104-92(97)80-77-74-71-68-65-62-60-57-55-53-51-48-46-39-37-35-33-31-29-26-23-20-17-14-11-8-5-2/h7-12,16-21,25-29,32-35,38-40,42-43,46,58,88-90,94-95H,4-6,13-15,22-24,30-31,36-37,41,44-45,47-57,59-87H2,1-3H3,(H,99,100)(H,101,102)/b10-7-,11-8-,12-9-,19-16-,20-17-,21-18-,28-25-,29-26-,34-32-,35-33-,40-38-,43-42-,46-39-,58-27-. The van der Waals surface area contributed by atoms with Crippen LogP contribution in [0.3, 0.4) is 0 Å². The second-order valence-electron chi connectivity index (χ2n) is 28.5. The normalized spacial score (nSPS) is 14.7. The van der Waals surface area contributed by atoms with Gasteiger partial charge in [-0.3, -0.25) is 32.5 Å². The summed E-state index contributed by atoms with van der Waals surface area (Å²) in [6.45, 7) is 2.34. The van der Waals surface area contributed by atoms with E-state index in [0.29, 0.717) is 19.3 Å². The lowest BCUT2D eigenvalue weighted by Crippen LogP contribution is -2.30. The Kier molecular flexibility index (Phi) is 80.4. The Morgan fingerprint density at radius 1 is 0.252 bits per heavy atom. The lowest BCUT2D eigenvalue weighted by Gasteiger charge is -2.21. The number of allylic oxidation sites excluding steroid dienone is 28. The third-order valence-corrected chi connectivity index (χ3v) is 19.8. The minimum Gasteiger partial charge on any atom is -0.463 e. The molecule has 0 rings (SSSR count). The van der Waals surface area contributed by atoms with Gasteiger partial charge < -0.3 is 34.2 Å². The number of aliphatic hydroxyl groups is 2. The average molecular weight is 1590 g/mol. The summed E-state index contributed by atoms with van der Waals surface area (Å²) in [6.07, 6.45) is 108. The van der Waals surface area contributed by atoms with Crippen molar-refractivity contribution in [1.82, 2.24) is 0 Å². The number of phosphoric acid groups is 2. The lowest BCUT2D eigenvalue weighted by molar-refractivity contribution is -0.161. The van der Waals surface area contributed by atoms with Crippen molar-refractivity contribution in [3.8, 4) is 0 Å². The molecule has 0 saturated heterocycles. The number of unbranched alkanes of at least 4 members (excludes halogenated alkanes) is 30. The zero-order valence-corrected chi connectivity index (χ0v) is 71.4. The van der Waals surface area contributed by atoms with Crippen molar-refractivity contribution in [2.45, 2.75) is 360 Å². The predicted molar refractivity (Wildman–Crippen MR) is 463 cm³/mol. The number of hydrogen-bond donors (Lipinski definition) is 4. The monoisotopic (exact) mass is 1590 g/mol. The van der Waals surface area contributed by atoms with Crippen molar-refractivity contribution >= 4 is 33.6 Å². The summed E-state index contributed by atoms with van der Waals surface area (Å²) in [4.78, 5) is 58.8. The molecular formula is C93H156O16P2.